The molecule has 0 aromatic carbocycles. The van der Waals surface area contributed by atoms with E-state index in [1.807, 2.05) is 0 Å². The molecule has 4 unspecified atom stereocenters. The molecule has 1 aliphatic carbocycles. The zero-order chi connectivity index (χ0) is 12.5. The standard InChI is InChI=1S/C15H26N2O/c1-2-12-7-3-4-9-17(12)15(18)14-13-8-5-6-11(13)10-16-14/h11-14,16H,2-10H2,1H3. The summed E-state index contributed by atoms with van der Waals surface area (Å²) in [7, 11) is 0. The van der Waals surface area contributed by atoms with E-state index in [1.165, 1.54) is 38.5 Å². The number of amides is 1. The highest BCUT2D eigenvalue weighted by Crippen LogP contribution is 2.38. The molecule has 1 saturated carbocycles. The Morgan fingerprint density at radius 2 is 2.11 bits per heavy atom. The molecular weight excluding hydrogens is 224 g/mol. The van der Waals surface area contributed by atoms with Gasteiger partial charge in [-0.3, -0.25) is 4.79 Å². The molecule has 0 spiro atoms. The minimum absolute atomic E-state index is 0.143. The normalized spacial score (nSPS) is 39.9. The van der Waals surface area contributed by atoms with Crippen LogP contribution < -0.4 is 5.32 Å². The van der Waals surface area contributed by atoms with Gasteiger partial charge in [0.05, 0.1) is 6.04 Å². The fraction of sp³-hybridized carbons (Fsp3) is 0.933. The van der Waals surface area contributed by atoms with Crippen molar-refractivity contribution in [2.45, 2.75) is 64.0 Å². The molecule has 0 aromatic heterocycles. The molecule has 3 heteroatoms. The van der Waals surface area contributed by atoms with Gasteiger partial charge in [0.2, 0.25) is 5.91 Å². The molecule has 2 saturated heterocycles. The second-order valence-electron chi connectivity index (χ2n) is 6.33. The van der Waals surface area contributed by atoms with Crippen molar-refractivity contribution in [1.29, 1.82) is 0 Å². The Kier molecular flexibility index (Phi) is 3.60. The van der Waals surface area contributed by atoms with Crippen LogP contribution in [0.1, 0.15) is 51.9 Å². The van der Waals surface area contributed by atoms with E-state index >= 15 is 0 Å². The number of fused-ring (bicyclic) bond motifs is 1. The van der Waals surface area contributed by atoms with Crippen molar-refractivity contribution < 1.29 is 4.79 Å². The number of hydrogen-bond donors (Lipinski definition) is 1. The van der Waals surface area contributed by atoms with E-state index in [1.54, 1.807) is 0 Å². The number of carbonyl (C=O) groups is 1. The topological polar surface area (TPSA) is 32.3 Å². The molecule has 4 atom stereocenters. The van der Waals surface area contributed by atoms with Gasteiger partial charge in [-0.15, -0.1) is 0 Å². The number of likely N-dealkylation sites (tertiary alicyclic amines) is 1. The molecular formula is C15H26N2O. The van der Waals surface area contributed by atoms with Gasteiger partial charge in [-0.2, -0.15) is 0 Å². The van der Waals surface area contributed by atoms with Crippen LogP contribution in [-0.2, 0) is 4.79 Å². The lowest BCUT2D eigenvalue weighted by atomic mass is 9.91. The van der Waals surface area contributed by atoms with E-state index in [0.29, 0.717) is 17.9 Å². The fourth-order valence-electron chi connectivity index (χ4n) is 4.35. The van der Waals surface area contributed by atoms with Gasteiger partial charge < -0.3 is 10.2 Å². The van der Waals surface area contributed by atoms with Crippen molar-refractivity contribution >= 4 is 5.91 Å². The number of rotatable bonds is 2. The van der Waals surface area contributed by atoms with Crippen molar-refractivity contribution in [3.63, 3.8) is 0 Å². The lowest BCUT2D eigenvalue weighted by molar-refractivity contribution is -0.138. The highest BCUT2D eigenvalue weighted by atomic mass is 16.2. The molecule has 2 heterocycles. The summed E-state index contributed by atoms with van der Waals surface area (Å²) in [5.41, 5.74) is 0. The summed E-state index contributed by atoms with van der Waals surface area (Å²) in [6, 6.07) is 0.651. The summed E-state index contributed by atoms with van der Waals surface area (Å²) in [4.78, 5) is 15.0. The average Bonchev–Trinajstić information content (AvgIpc) is 3.00. The number of hydrogen-bond acceptors (Lipinski definition) is 2. The maximum atomic E-state index is 12.8. The van der Waals surface area contributed by atoms with Gasteiger partial charge in [0.1, 0.15) is 0 Å². The lowest BCUT2D eigenvalue weighted by Crippen LogP contribution is -2.52. The minimum Gasteiger partial charge on any atom is -0.338 e. The molecule has 0 radical (unpaired) electrons. The number of piperidine rings is 1. The molecule has 1 N–H and O–H groups in total. The number of carbonyl (C=O) groups excluding carboxylic acids is 1. The monoisotopic (exact) mass is 250 g/mol. The number of nitrogens with zero attached hydrogens (tertiary/aromatic N) is 1. The van der Waals surface area contributed by atoms with E-state index in [9.17, 15) is 4.79 Å². The third kappa shape index (κ3) is 2.07. The summed E-state index contributed by atoms with van der Waals surface area (Å²) in [5, 5.41) is 3.51. The van der Waals surface area contributed by atoms with E-state index in [4.69, 9.17) is 0 Å². The largest absolute Gasteiger partial charge is 0.338 e. The minimum atomic E-state index is 0.143. The highest BCUT2D eigenvalue weighted by Gasteiger charge is 2.44. The molecule has 3 rings (SSSR count). The smallest absolute Gasteiger partial charge is 0.240 e. The first-order valence-electron chi connectivity index (χ1n) is 7.85. The second kappa shape index (κ2) is 5.20. The maximum Gasteiger partial charge on any atom is 0.240 e. The highest BCUT2D eigenvalue weighted by molar-refractivity contribution is 5.83. The maximum absolute atomic E-state index is 12.8. The molecule has 3 aliphatic rings. The molecule has 3 nitrogen and oxygen atoms in total. The van der Waals surface area contributed by atoms with Crippen LogP contribution in [0.3, 0.4) is 0 Å². The van der Waals surface area contributed by atoms with Crippen molar-refractivity contribution in [1.82, 2.24) is 10.2 Å². The molecule has 1 amide bonds. The summed E-state index contributed by atoms with van der Waals surface area (Å²) in [6.45, 7) is 4.29. The van der Waals surface area contributed by atoms with Crippen LogP contribution in [-0.4, -0.2) is 36.0 Å². The Morgan fingerprint density at radius 1 is 1.22 bits per heavy atom. The van der Waals surface area contributed by atoms with E-state index in [2.05, 4.69) is 17.1 Å². The molecule has 18 heavy (non-hydrogen) atoms. The zero-order valence-corrected chi connectivity index (χ0v) is 11.5. The van der Waals surface area contributed by atoms with Crippen LogP contribution in [0.25, 0.3) is 0 Å². The Morgan fingerprint density at radius 3 is 2.94 bits per heavy atom. The van der Waals surface area contributed by atoms with Crippen LogP contribution in [0.5, 0.6) is 0 Å². The summed E-state index contributed by atoms with van der Waals surface area (Å²) >= 11 is 0. The van der Waals surface area contributed by atoms with Gasteiger partial charge >= 0.3 is 0 Å². The summed E-state index contributed by atoms with van der Waals surface area (Å²) in [5.74, 6) is 1.83. The third-order valence-corrected chi connectivity index (χ3v) is 5.39. The Balaban J connectivity index is 1.69. The van der Waals surface area contributed by atoms with Gasteiger partial charge in [0.25, 0.3) is 0 Å². The van der Waals surface area contributed by atoms with Crippen LogP contribution in [0.4, 0.5) is 0 Å². The zero-order valence-electron chi connectivity index (χ0n) is 11.5. The second-order valence-corrected chi connectivity index (χ2v) is 6.33. The Bertz CT molecular complexity index is 312. The quantitative estimate of drug-likeness (QED) is 0.814. The van der Waals surface area contributed by atoms with Crippen LogP contribution in [0, 0.1) is 11.8 Å². The number of nitrogens with one attached hydrogen (secondary N) is 1. The predicted octanol–water partition coefficient (Wildman–Crippen LogP) is 2.17. The van der Waals surface area contributed by atoms with Crippen LogP contribution in [0.2, 0.25) is 0 Å². The molecule has 102 valence electrons. The molecule has 0 aromatic rings. The SMILES string of the molecule is CCC1CCCCN1C(=O)C1NCC2CCCC21. The van der Waals surface area contributed by atoms with Gasteiger partial charge in [-0.25, -0.2) is 0 Å². The first kappa shape index (κ1) is 12.5. The van der Waals surface area contributed by atoms with E-state index < -0.39 is 0 Å². The average molecular weight is 250 g/mol. The van der Waals surface area contributed by atoms with E-state index in [0.717, 1.165) is 25.4 Å². The lowest BCUT2D eigenvalue weighted by Gasteiger charge is -2.37. The molecule has 0 bridgehead atoms. The van der Waals surface area contributed by atoms with Crippen molar-refractivity contribution in [3.8, 4) is 0 Å². The van der Waals surface area contributed by atoms with Crippen LogP contribution in [0.15, 0.2) is 0 Å². The van der Waals surface area contributed by atoms with Gasteiger partial charge in [0, 0.05) is 12.6 Å². The van der Waals surface area contributed by atoms with Crippen molar-refractivity contribution in [2.24, 2.45) is 11.8 Å². The van der Waals surface area contributed by atoms with E-state index in [-0.39, 0.29) is 6.04 Å². The third-order valence-electron chi connectivity index (χ3n) is 5.39. The Labute approximate surface area is 110 Å². The molecule has 2 aliphatic heterocycles. The summed E-state index contributed by atoms with van der Waals surface area (Å²) < 4.78 is 0. The van der Waals surface area contributed by atoms with Gasteiger partial charge in [-0.05, 0) is 56.9 Å². The van der Waals surface area contributed by atoms with Gasteiger partial charge in [-0.1, -0.05) is 13.3 Å². The molecule has 3 fully saturated rings. The predicted molar refractivity (Wildman–Crippen MR) is 72.3 cm³/mol. The van der Waals surface area contributed by atoms with Gasteiger partial charge in [0.15, 0.2) is 0 Å². The van der Waals surface area contributed by atoms with Crippen LogP contribution >= 0.6 is 0 Å². The first-order valence-corrected chi connectivity index (χ1v) is 7.85. The fourth-order valence-corrected chi connectivity index (χ4v) is 4.35. The Hall–Kier alpha value is -0.570. The summed E-state index contributed by atoms with van der Waals surface area (Å²) in [6.07, 6.45) is 8.75. The van der Waals surface area contributed by atoms with Crippen molar-refractivity contribution in [2.75, 3.05) is 13.1 Å². The first-order chi connectivity index (χ1) is 8.81. The van der Waals surface area contributed by atoms with Crippen molar-refractivity contribution in [3.05, 3.63) is 0 Å².